The Labute approximate surface area is 113 Å². The lowest BCUT2D eigenvalue weighted by molar-refractivity contribution is 0.116. The molecule has 0 bridgehead atoms. The molecule has 1 saturated heterocycles. The lowest BCUT2D eigenvalue weighted by Crippen LogP contribution is -2.29. The van der Waals surface area contributed by atoms with Crippen LogP contribution in [-0.2, 0) is 4.74 Å². The number of aryl methyl sites for hydroxylation is 1. The summed E-state index contributed by atoms with van der Waals surface area (Å²) < 4.78 is 33.4. The van der Waals surface area contributed by atoms with Gasteiger partial charge in [-0.3, -0.25) is 0 Å². The number of nitrogens with one attached hydrogen (secondary N) is 1. The fraction of sp³-hybridized carbons (Fsp3) is 0.600. The van der Waals surface area contributed by atoms with Crippen LogP contribution in [0.4, 0.5) is 8.78 Å². The van der Waals surface area contributed by atoms with Crippen LogP contribution in [-0.4, -0.2) is 19.3 Å². The number of hydrogen-bond acceptors (Lipinski definition) is 2. The van der Waals surface area contributed by atoms with Gasteiger partial charge in [0.05, 0.1) is 12.7 Å². The summed E-state index contributed by atoms with van der Waals surface area (Å²) in [6.45, 7) is 6.85. The van der Waals surface area contributed by atoms with Gasteiger partial charge in [-0.2, -0.15) is 0 Å². The minimum absolute atomic E-state index is 0.185. The lowest BCUT2D eigenvalue weighted by atomic mass is 9.90. The standard InChI is InChI=1S/C15H21F2NO/c1-4-18-15(11-7-10(3)19-8-11)12-6-5-9(2)13(16)14(12)17/h5-6,10-11,15,18H,4,7-8H2,1-3H3. The highest BCUT2D eigenvalue weighted by Gasteiger charge is 2.32. The van der Waals surface area contributed by atoms with E-state index in [2.05, 4.69) is 5.32 Å². The van der Waals surface area contributed by atoms with Gasteiger partial charge in [-0.05, 0) is 32.4 Å². The highest BCUT2D eigenvalue weighted by molar-refractivity contribution is 5.28. The third kappa shape index (κ3) is 2.95. The quantitative estimate of drug-likeness (QED) is 0.905. The molecule has 2 rings (SSSR count). The zero-order valence-electron chi connectivity index (χ0n) is 11.7. The van der Waals surface area contributed by atoms with E-state index in [-0.39, 0.29) is 18.1 Å². The molecule has 1 heterocycles. The number of halogens is 2. The molecule has 1 fully saturated rings. The fourth-order valence-corrected chi connectivity index (χ4v) is 2.73. The van der Waals surface area contributed by atoms with Crippen molar-refractivity contribution in [1.82, 2.24) is 5.32 Å². The monoisotopic (exact) mass is 269 g/mol. The van der Waals surface area contributed by atoms with Gasteiger partial charge in [-0.1, -0.05) is 19.1 Å². The zero-order valence-corrected chi connectivity index (χ0v) is 11.7. The third-order valence-electron chi connectivity index (χ3n) is 3.77. The highest BCUT2D eigenvalue weighted by Crippen LogP contribution is 2.33. The van der Waals surface area contributed by atoms with Crippen molar-refractivity contribution in [3.8, 4) is 0 Å². The first-order chi connectivity index (χ1) is 9.04. The van der Waals surface area contributed by atoms with Gasteiger partial charge in [0.1, 0.15) is 0 Å². The van der Waals surface area contributed by atoms with E-state index in [9.17, 15) is 8.78 Å². The van der Waals surface area contributed by atoms with Crippen molar-refractivity contribution in [1.29, 1.82) is 0 Å². The SMILES string of the molecule is CCNC(c1ccc(C)c(F)c1F)C1COC(C)C1. The molecule has 1 aromatic rings. The van der Waals surface area contributed by atoms with Gasteiger partial charge in [0.25, 0.3) is 0 Å². The summed E-state index contributed by atoms with van der Waals surface area (Å²) in [6, 6.07) is 3.13. The van der Waals surface area contributed by atoms with Gasteiger partial charge in [0.2, 0.25) is 0 Å². The van der Waals surface area contributed by atoms with E-state index >= 15 is 0 Å². The summed E-state index contributed by atoms with van der Waals surface area (Å²) in [5.41, 5.74) is 0.750. The molecule has 0 amide bonds. The summed E-state index contributed by atoms with van der Waals surface area (Å²) in [5, 5.41) is 3.26. The van der Waals surface area contributed by atoms with Crippen LogP contribution in [0.3, 0.4) is 0 Å². The maximum Gasteiger partial charge on any atom is 0.163 e. The molecule has 3 unspecified atom stereocenters. The van der Waals surface area contributed by atoms with Gasteiger partial charge in [-0.25, -0.2) is 8.78 Å². The predicted molar refractivity (Wildman–Crippen MR) is 71.0 cm³/mol. The Morgan fingerprint density at radius 2 is 2.11 bits per heavy atom. The van der Waals surface area contributed by atoms with Crippen molar-refractivity contribution in [2.75, 3.05) is 13.2 Å². The fourth-order valence-electron chi connectivity index (χ4n) is 2.73. The Morgan fingerprint density at radius 3 is 2.68 bits per heavy atom. The lowest BCUT2D eigenvalue weighted by Gasteiger charge is -2.24. The van der Waals surface area contributed by atoms with E-state index in [1.54, 1.807) is 19.1 Å². The second kappa shape index (κ2) is 5.97. The first-order valence-electron chi connectivity index (χ1n) is 6.84. The van der Waals surface area contributed by atoms with E-state index in [1.165, 1.54) is 0 Å². The number of rotatable bonds is 4. The van der Waals surface area contributed by atoms with Crippen LogP contribution < -0.4 is 5.32 Å². The molecule has 1 aromatic carbocycles. The minimum Gasteiger partial charge on any atom is -0.378 e. The Morgan fingerprint density at radius 1 is 1.37 bits per heavy atom. The van der Waals surface area contributed by atoms with Crippen molar-refractivity contribution in [3.05, 3.63) is 34.9 Å². The van der Waals surface area contributed by atoms with Crippen molar-refractivity contribution in [2.24, 2.45) is 5.92 Å². The molecule has 1 aliphatic heterocycles. The molecule has 3 atom stereocenters. The molecule has 19 heavy (non-hydrogen) atoms. The molecule has 4 heteroatoms. The largest absolute Gasteiger partial charge is 0.378 e. The van der Waals surface area contributed by atoms with Crippen LogP contribution in [0.25, 0.3) is 0 Å². The van der Waals surface area contributed by atoms with Crippen LogP contribution in [0.15, 0.2) is 12.1 Å². The Bertz CT molecular complexity index is 450. The molecule has 0 radical (unpaired) electrons. The molecule has 0 spiro atoms. The second-order valence-electron chi connectivity index (χ2n) is 5.27. The predicted octanol–water partition coefficient (Wildman–Crippen LogP) is 3.35. The van der Waals surface area contributed by atoms with Crippen molar-refractivity contribution >= 4 is 0 Å². The van der Waals surface area contributed by atoms with Crippen molar-refractivity contribution < 1.29 is 13.5 Å². The summed E-state index contributed by atoms with van der Waals surface area (Å²) in [5.74, 6) is -1.29. The Balaban J connectivity index is 2.31. The van der Waals surface area contributed by atoms with Crippen molar-refractivity contribution in [3.63, 3.8) is 0 Å². The van der Waals surface area contributed by atoms with Crippen LogP contribution >= 0.6 is 0 Å². The Hall–Kier alpha value is -1.00. The molecule has 0 saturated carbocycles. The third-order valence-corrected chi connectivity index (χ3v) is 3.77. The van der Waals surface area contributed by atoms with Crippen LogP contribution in [0, 0.1) is 24.5 Å². The van der Waals surface area contributed by atoms with Crippen LogP contribution in [0.2, 0.25) is 0 Å². The molecule has 106 valence electrons. The molecule has 1 aliphatic rings. The average Bonchev–Trinajstić information content (AvgIpc) is 2.81. The number of hydrogen-bond donors (Lipinski definition) is 1. The van der Waals surface area contributed by atoms with Crippen molar-refractivity contribution in [2.45, 2.75) is 39.3 Å². The molecular formula is C15H21F2NO. The van der Waals surface area contributed by atoms with E-state index < -0.39 is 11.6 Å². The van der Waals surface area contributed by atoms with Gasteiger partial charge >= 0.3 is 0 Å². The topological polar surface area (TPSA) is 21.3 Å². The normalized spacial score (nSPS) is 24.7. The van der Waals surface area contributed by atoms with Crippen LogP contribution in [0.1, 0.15) is 37.4 Å². The maximum absolute atomic E-state index is 14.1. The van der Waals surface area contributed by atoms with E-state index in [4.69, 9.17) is 4.74 Å². The Kier molecular flexibility index (Phi) is 4.53. The molecule has 2 nitrogen and oxygen atoms in total. The molecular weight excluding hydrogens is 248 g/mol. The molecule has 0 aliphatic carbocycles. The van der Waals surface area contributed by atoms with Crippen LogP contribution in [0.5, 0.6) is 0 Å². The van der Waals surface area contributed by atoms with Gasteiger partial charge in [0, 0.05) is 17.5 Å². The molecule has 0 aromatic heterocycles. The summed E-state index contributed by atoms with van der Waals surface area (Å²) in [7, 11) is 0. The minimum atomic E-state index is -0.743. The summed E-state index contributed by atoms with van der Waals surface area (Å²) in [6.07, 6.45) is 1.05. The van der Waals surface area contributed by atoms with E-state index in [0.717, 1.165) is 6.42 Å². The van der Waals surface area contributed by atoms with Gasteiger partial charge in [-0.15, -0.1) is 0 Å². The molecule has 1 N–H and O–H groups in total. The average molecular weight is 269 g/mol. The number of ether oxygens (including phenoxy) is 1. The van der Waals surface area contributed by atoms with Gasteiger partial charge in [0.15, 0.2) is 11.6 Å². The summed E-state index contributed by atoms with van der Waals surface area (Å²) >= 11 is 0. The van der Waals surface area contributed by atoms with Gasteiger partial charge < -0.3 is 10.1 Å². The van der Waals surface area contributed by atoms with E-state index in [1.807, 2.05) is 13.8 Å². The smallest absolute Gasteiger partial charge is 0.163 e. The first-order valence-corrected chi connectivity index (χ1v) is 6.84. The number of benzene rings is 1. The first kappa shape index (κ1) is 14.4. The van der Waals surface area contributed by atoms with E-state index in [0.29, 0.717) is 24.3 Å². The summed E-state index contributed by atoms with van der Waals surface area (Å²) in [4.78, 5) is 0. The highest BCUT2D eigenvalue weighted by atomic mass is 19.2. The maximum atomic E-state index is 14.1. The second-order valence-corrected chi connectivity index (χ2v) is 5.27. The zero-order chi connectivity index (χ0) is 14.0.